The van der Waals surface area contributed by atoms with Crippen LogP contribution in [0, 0.1) is 0 Å². The Morgan fingerprint density at radius 3 is 1.95 bits per heavy atom. The van der Waals surface area contributed by atoms with E-state index in [1.807, 2.05) is 13.1 Å². The highest BCUT2D eigenvalue weighted by molar-refractivity contribution is 6.71. The number of hydrogen-bond acceptors (Lipinski definition) is 2. The van der Waals surface area contributed by atoms with E-state index in [-0.39, 0.29) is 6.61 Å². The van der Waals surface area contributed by atoms with E-state index in [9.17, 15) is 30.7 Å². The Labute approximate surface area is 119 Å². The highest BCUT2D eigenvalue weighted by Gasteiger charge is 2.67. The van der Waals surface area contributed by atoms with Crippen molar-refractivity contribution < 1.29 is 39.9 Å². The Bertz CT molecular complexity index is 313. The Hall–Kier alpha value is -0.353. The molecule has 0 heterocycles. The van der Waals surface area contributed by atoms with E-state index in [2.05, 4.69) is 4.74 Å². The molecule has 0 fully saturated rings. The third-order valence-electron chi connectivity index (χ3n) is 3.00. The predicted octanol–water partition coefficient (Wildman–Crippen LogP) is 4.12. The van der Waals surface area contributed by atoms with Gasteiger partial charge in [-0.25, -0.2) is 13.2 Å². The van der Waals surface area contributed by atoms with Gasteiger partial charge in [-0.2, -0.15) is 17.6 Å². The third-order valence-corrected chi connectivity index (χ3v) is 5.66. The molecule has 0 aromatic heterocycles. The summed E-state index contributed by atoms with van der Waals surface area (Å²) in [5, 5.41) is 0. The molecule has 0 aromatic carbocycles. The summed E-state index contributed by atoms with van der Waals surface area (Å²) < 4.78 is 97.3. The molecule has 0 aliphatic rings. The molecule has 0 amide bonds. The molecule has 0 N–H and O–H groups in total. The second-order valence-corrected chi connectivity index (χ2v) is 9.58. The van der Waals surface area contributed by atoms with Crippen molar-refractivity contribution in [3.63, 3.8) is 0 Å². The zero-order valence-corrected chi connectivity index (χ0v) is 12.9. The molecule has 128 valence electrons. The van der Waals surface area contributed by atoms with Crippen LogP contribution in [0.1, 0.15) is 6.42 Å². The molecule has 0 spiro atoms. The predicted molar refractivity (Wildman–Crippen MR) is 65.5 cm³/mol. The lowest BCUT2D eigenvalue weighted by atomic mass is 10.1. The highest BCUT2D eigenvalue weighted by atomic mass is 28.4. The summed E-state index contributed by atoms with van der Waals surface area (Å²) in [5.41, 5.74) is 0. The Morgan fingerprint density at radius 1 is 1.00 bits per heavy atom. The highest BCUT2D eigenvalue weighted by Crippen LogP contribution is 2.42. The van der Waals surface area contributed by atoms with Crippen LogP contribution >= 0.6 is 0 Å². The van der Waals surface area contributed by atoms with Gasteiger partial charge in [-0.3, -0.25) is 0 Å². The molecule has 0 aromatic rings. The average molecular weight is 344 g/mol. The second kappa shape index (κ2) is 7.77. The van der Waals surface area contributed by atoms with Crippen LogP contribution in [0.2, 0.25) is 19.1 Å². The second-order valence-electron chi connectivity index (χ2n) is 5.16. The van der Waals surface area contributed by atoms with Crippen LogP contribution in [0.5, 0.6) is 0 Å². The molecule has 0 radical (unpaired) electrons. The lowest BCUT2D eigenvalue weighted by molar-refractivity contribution is -0.289. The first-order chi connectivity index (χ1) is 9.38. The number of alkyl halides is 7. The molecular formula is C11H19F7O2Si. The van der Waals surface area contributed by atoms with Gasteiger partial charge in [-0.1, -0.05) is 0 Å². The molecule has 0 bridgehead atoms. The van der Waals surface area contributed by atoms with E-state index in [0.717, 1.165) is 0 Å². The summed E-state index contributed by atoms with van der Waals surface area (Å²) in [6.07, 6.45) is -7.79. The van der Waals surface area contributed by atoms with E-state index >= 15 is 0 Å². The molecule has 0 saturated carbocycles. The Morgan fingerprint density at radius 2 is 1.52 bits per heavy atom. The van der Waals surface area contributed by atoms with Gasteiger partial charge in [0.25, 0.3) is 0 Å². The Kier molecular flexibility index (Phi) is 7.64. The first-order valence-corrected chi connectivity index (χ1v) is 9.30. The zero-order chi connectivity index (χ0) is 16.9. The first kappa shape index (κ1) is 20.6. The van der Waals surface area contributed by atoms with Crippen molar-refractivity contribution in [3.8, 4) is 0 Å². The monoisotopic (exact) mass is 344 g/mol. The fraction of sp³-hybridized carbons (Fsp3) is 1.00. The van der Waals surface area contributed by atoms with Crippen LogP contribution in [-0.4, -0.2) is 53.1 Å². The molecule has 1 unspecified atom stereocenters. The molecule has 1 atom stereocenters. The van der Waals surface area contributed by atoms with Gasteiger partial charge in [-0.05, 0) is 25.6 Å². The minimum absolute atomic E-state index is 0.142. The van der Waals surface area contributed by atoms with Gasteiger partial charge in [0, 0.05) is 13.7 Å². The van der Waals surface area contributed by atoms with Crippen LogP contribution in [-0.2, 0) is 9.16 Å². The topological polar surface area (TPSA) is 18.5 Å². The fourth-order valence-electron chi connectivity index (χ4n) is 1.35. The molecule has 10 heteroatoms. The van der Waals surface area contributed by atoms with Crippen molar-refractivity contribution in [3.05, 3.63) is 0 Å². The van der Waals surface area contributed by atoms with Crippen molar-refractivity contribution in [2.75, 3.05) is 20.3 Å². The van der Waals surface area contributed by atoms with Crippen LogP contribution in [0.3, 0.4) is 0 Å². The molecule has 0 aliphatic heterocycles. The minimum Gasteiger partial charge on any atom is -0.420 e. The number of hydrogen-bond donors (Lipinski definition) is 0. The fourth-order valence-corrected chi connectivity index (χ4v) is 2.55. The third kappa shape index (κ3) is 5.74. The summed E-state index contributed by atoms with van der Waals surface area (Å²) in [4.78, 5) is 0. The lowest BCUT2D eigenvalue weighted by Crippen LogP contribution is -2.53. The first-order valence-electron chi connectivity index (χ1n) is 6.19. The summed E-state index contributed by atoms with van der Waals surface area (Å²) in [5.74, 6) is -11.2. The van der Waals surface area contributed by atoms with Crippen molar-refractivity contribution >= 4 is 8.32 Å². The van der Waals surface area contributed by atoms with Crippen molar-refractivity contribution in [1.29, 1.82) is 0 Å². The molecule has 0 saturated heterocycles. The van der Waals surface area contributed by atoms with E-state index in [0.29, 0.717) is 12.5 Å². The van der Waals surface area contributed by atoms with Gasteiger partial charge in [0.15, 0.2) is 14.5 Å². The maximum atomic E-state index is 13.1. The van der Waals surface area contributed by atoms with E-state index in [4.69, 9.17) is 4.43 Å². The summed E-state index contributed by atoms with van der Waals surface area (Å²) in [6.45, 7) is 2.27. The molecule has 2 nitrogen and oxygen atoms in total. The van der Waals surface area contributed by atoms with Gasteiger partial charge >= 0.3 is 18.3 Å². The van der Waals surface area contributed by atoms with Crippen LogP contribution in [0.25, 0.3) is 0 Å². The van der Waals surface area contributed by atoms with Gasteiger partial charge < -0.3 is 9.16 Å². The lowest BCUT2D eigenvalue weighted by Gasteiger charge is -2.28. The molecule has 0 rings (SSSR count). The van der Waals surface area contributed by atoms with Gasteiger partial charge in [0.1, 0.15) is 0 Å². The largest absolute Gasteiger partial charge is 0.420 e. The summed E-state index contributed by atoms with van der Waals surface area (Å²) in [6, 6.07) is 0.601. The average Bonchev–Trinajstić information content (AvgIpc) is 2.37. The maximum absolute atomic E-state index is 13.1. The van der Waals surface area contributed by atoms with Crippen molar-refractivity contribution in [2.45, 2.75) is 50.0 Å². The number of ether oxygens (including phenoxy) is 1. The number of rotatable bonds is 10. The van der Waals surface area contributed by atoms with Crippen LogP contribution in [0.4, 0.5) is 30.7 Å². The van der Waals surface area contributed by atoms with E-state index in [1.54, 1.807) is 0 Å². The SMILES string of the molecule is CO[Si](C)(C)CCCOCC(F)C(F)(F)C(F)(F)C(F)F. The maximum Gasteiger partial charge on any atom is 0.372 e. The van der Waals surface area contributed by atoms with Gasteiger partial charge in [0.2, 0.25) is 0 Å². The quantitative estimate of drug-likeness (QED) is 0.337. The number of halogens is 7. The normalized spacial score (nSPS) is 15.6. The molecule has 0 aliphatic carbocycles. The van der Waals surface area contributed by atoms with Crippen LogP contribution < -0.4 is 0 Å². The van der Waals surface area contributed by atoms with Gasteiger partial charge in [-0.15, -0.1) is 0 Å². The van der Waals surface area contributed by atoms with E-state index in [1.165, 1.54) is 7.11 Å². The minimum atomic E-state index is -5.74. The standard InChI is InChI=1S/C11H19F7O2Si/c1-19-21(2,3)6-4-5-20-7-8(12)10(15,16)11(17,18)9(13)14/h8-9H,4-7H2,1-3H3. The van der Waals surface area contributed by atoms with Gasteiger partial charge in [0.05, 0.1) is 6.61 Å². The zero-order valence-electron chi connectivity index (χ0n) is 11.9. The van der Waals surface area contributed by atoms with Crippen LogP contribution in [0.15, 0.2) is 0 Å². The summed E-state index contributed by atoms with van der Waals surface area (Å²) in [7, 11) is -0.352. The van der Waals surface area contributed by atoms with Crippen molar-refractivity contribution in [2.24, 2.45) is 0 Å². The Balaban J connectivity index is 4.23. The smallest absolute Gasteiger partial charge is 0.372 e. The summed E-state index contributed by atoms with van der Waals surface area (Å²) >= 11 is 0. The molecular weight excluding hydrogens is 325 g/mol. The van der Waals surface area contributed by atoms with E-state index < -0.39 is 39.4 Å². The molecule has 21 heavy (non-hydrogen) atoms. The van der Waals surface area contributed by atoms with Crippen molar-refractivity contribution in [1.82, 2.24) is 0 Å².